The lowest BCUT2D eigenvalue weighted by Crippen LogP contribution is -2.30. The van der Waals surface area contributed by atoms with Crippen LogP contribution in [0.25, 0.3) is 0 Å². The highest BCUT2D eigenvalue weighted by molar-refractivity contribution is 5.77. The zero-order chi connectivity index (χ0) is 9.84. The summed E-state index contributed by atoms with van der Waals surface area (Å²) in [6, 6.07) is 0. The first-order valence-corrected chi connectivity index (χ1v) is 4.08. The second-order valence-corrected chi connectivity index (χ2v) is 2.88. The van der Waals surface area contributed by atoms with Crippen molar-refractivity contribution in [3.05, 3.63) is 17.5 Å². The summed E-state index contributed by atoms with van der Waals surface area (Å²) in [5.41, 5.74) is 7.64. The fraction of sp³-hybridized carbons (Fsp3) is 0.500. The summed E-state index contributed by atoms with van der Waals surface area (Å²) in [4.78, 5) is 3.80. The highest BCUT2D eigenvalue weighted by atomic mass is 15.3. The Hall–Kier alpha value is -1.52. The molecule has 0 atom stereocenters. The maximum absolute atomic E-state index is 5.49. The van der Waals surface area contributed by atoms with Crippen molar-refractivity contribution in [1.29, 1.82) is 0 Å². The fourth-order valence-electron chi connectivity index (χ4n) is 1.09. The Bertz CT molecular complexity index is 312. The zero-order valence-corrected chi connectivity index (χ0v) is 8.20. The van der Waals surface area contributed by atoms with Crippen LogP contribution in [0, 0.1) is 6.92 Å². The van der Waals surface area contributed by atoms with Gasteiger partial charge < -0.3 is 11.1 Å². The molecule has 1 heterocycles. The largest absolute Gasteiger partial charge is 0.370 e. The van der Waals surface area contributed by atoms with Crippen LogP contribution in [0.2, 0.25) is 0 Å². The Morgan fingerprint density at radius 1 is 1.77 bits per heavy atom. The first-order valence-electron chi connectivity index (χ1n) is 4.08. The number of nitrogens with one attached hydrogen (secondary N) is 1. The van der Waals surface area contributed by atoms with E-state index in [1.165, 1.54) is 0 Å². The van der Waals surface area contributed by atoms with Crippen LogP contribution in [-0.2, 0) is 13.6 Å². The molecule has 0 unspecified atom stereocenters. The molecule has 1 aromatic rings. The van der Waals surface area contributed by atoms with Gasteiger partial charge in [0.1, 0.15) is 0 Å². The van der Waals surface area contributed by atoms with Gasteiger partial charge in [0.25, 0.3) is 0 Å². The van der Waals surface area contributed by atoms with Gasteiger partial charge in [0.15, 0.2) is 5.96 Å². The van der Waals surface area contributed by atoms with Crippen LogP contribution in [0.5, 0.6) is 0 Å². The van der Waals surface area contributed by atoms with Crippen LogP contribution in [0.3, 0.4) is 0 Å². The number of hydrogen-bond donors (Lipinski definition) is 2. The summed E-state index contributed by atoms with van der Waals surface area (Å²) in [6.45, 7) is 2.64. The van der Waals surface area contributed by atoms with Crippen molar-refractivity contribution < 1.29 is 0 Å². The Balaban J connectivity index is 2.59. The van der Waals surface area contributed by atoms with Crippen molar-refractivity contribution >= 4 is 5.96 Å². The van der Waals surface area contributed by atoms with Gasteiger partial charge in [0.05, 0.1) is 5.69 Å². The molecular weight excluding hydrogens is 166 g/mol. The summed E-state index contributed by atoms with van der Waals surface area (Å²) in [7, 11) is 3.55. The fourth-order valence-corrected chi connectivity index (χ4v) is 1.09. The number of hydrogen-bond acceptors (Lipinski definition) is 2. The van der Waals surface area contributed by atoms with E-state index in [4.69, 9.17) is 5.73 Å². The van der Waals surface area contributed by atoms with Gasteiger partial charge in [-0.2, -0.15) is 5.10 Å². The molecule has 0 amide bonds. The van der Waals surface area contributed by atoms with E-state index in [9.17, 15) is 0 Å². The Kier molecular flexibility index (Phi) is 2.89. The molecule has 0 aliphatic carbocycles. The molecule has 0 bridgehead atoms. The molecule has 0 aromatic carbocycles. The van der Waals surface area contributed by atoms with Crippen LogP contribution in [0.15, 0.2) is 11.2 Å². The molecule has 1 rings (SSSR count). The lowest BCUT2D eigenvalue weighted by Gasteiger charge is -2.02. The van der Waals surface area contributed by atoms with E-state index >= 15 is 0 Å². The van der Waals surface area contributed by atoms with Crippen LogP contribution >= 0.6 is 0 Å². The van der Waals surface area contributed by atoms with E-state index in [-0.39, 0.29) is 0 Å². The zero-order valence-electron chi connectivity index (χ0n) is 8.20. The smallest absolute Gasteiger partial charge is 0.188 e. The molecule has 5 nitrogen and oxygen atoms in total. The second-order valence-electron chi connectivity index (χ2n) is 2.88. The topological polar surface area (TPSA) is 68.2 Å². The third-order valence-corrected chi connectivity index (χ3v) is 1.82. The predicted molar refractivity (Wildman–Crippen MR) is 52.3 cm³/mol. The van der Waals surface area contributed by atoms with Crippen LogP contribution in [0.1, 0.15) is 11.3 Å². The molecule has 0 radical (unpaired) electrons. The van der Waals surface area contributed by atoms with Gasteiger partial charge in [-0.25, -0.2) is 0 Å². The Labute approximate surface area is 77.6 Å². The summed E-state index contributed by atoms with van der Waals surface area (Å²) in [5.74, 6) is 0.447. The first-order chi connectivity index (χ1) is 6.13. The standard InChI is InChI=1S/C8H15N5/c1-6-7(5-13(3)12-6)4-11-8(9)10-2/h5H,4H2,1-3H3,(H3,9,10,11). The van der Waals surface area contributed by atoms with Gasteiger partial charge in [-0.1, -0.05) is 0 Å². The lowest BCUT2D eigenvalue weighted by molar-refractivity contribution is 0.756. The Morgan fingerprint density at radius 2 is 2.46 bits per heavy atom. The summed E-state index contributed by atoms with van der Waals surface area (Å²) >= 11 is 0. The second kappa shape index (κ2) is 3.93. The first kappa shape index (κ1) is 9.57. The molecule has 3 N–H and O–H groups in total. The van der Waals surface area contributed by atoms with Crippen molar-refractivity contribution in [3.8, 4) is 0 Å². The van der Waals surface area contributed by atoms with E-state index in [0.29, 0.717) is 12.5 Å². The van der Waals surface area contributed by atoms with Gasteiger partial charge >= 0.3 is 0 Å². The normalized spacial score (nSPS) is 11.8. The molecule has 0 saturated carbocycles. The molecule has 1 aromatic heterocycles. The molecule has 5 heteroatoms. The molecule has 0 spiro atoms. The molecule has 0 aliphatic heterocycles. The van der Waals surface area contributed by atoms with Crippen LogP contribution in [-0.4, -0.2) is 22.8 Å². The quantitative estimate of drug-likeness (QED) is 0.489. The van der Waals surface area contributed by atoms with E-state index in [1.54, 1.807) is 11.7 Å². The summed E-state index contributed by atoms with van der Waals surface area (Å²) in [5, 5.41) is 7.19. The molecule has 72 valence electrons. The van der Waals surface area contributed by atoms with Gasteiger partial charge in [-0.05, 0) is 6.92 Å². The average Bonchev–Trinajstić information content (AvgIpc) is 2.41. The minimum Gasteiger partial charge on any atom is -0.370 e. The van der Waals surface area contributed by atoms with Gasteiger partial charge in [0, 0.05) is 32.4 Å². The molecule has 0 fully saturated rings. The summed E-state index contributed by atoms with van der Waals surface area (Å²) < 4.78 is 1.78. The SMILES string of the molecule is CN=C(N)NCc1cn(C)nc1C. The Morgan fingerprint density at radius 3 is 2.92 bits per heavy atom. The molecule has 0 saturated heterocycles. The predicted octanol–water partition coefficient (Wildman–Crippen LogP) is -0.237. The number of nitrogens with two attached hydrogens (primary N) is 1. The monoisotopic (exact) mass is 181 g/mol. The highest BCUT2D eigenvalue weighted by Crippen LogP contribution is 2.02. The van der Waals surface area contributed by atoms with Crippen LogP contribution < -0.4 is 11.1 Å². The van der Waals surface area contributed by atoms with Gasteiger partial charge in [0.2, 0.25) is 0 Å². The maximum atomic E-state index is 5.49. The minimum atomic E-state index is 0.447. The maximum Gasteiger partial charge on any atom is 0.188 e. The number of aryl methyl sites for hydroxylation is 2. The lowest BCUT2D eigenvalue weighted by atomic mass is 10.3. The van der Waals surface area contributed by atoms with E-state index in [2.05, 4.69) is 15.4 Å². The number of guanidine groups is 1. The highest BCUT2D eigenvalue weighted by Gasteiger charge is 2.01. The van der Waals surface area contributed by atoms with E-state index in [0.717, 1.165) is 11.3 Å². The van der Waals surface area contributed by atoms with Crippen molar-refractivity contribution in [2.45, 2.75) is 13.5 Å². The number of rotatable bonds is 2. The van der Waals surface area contributed by atoms with E-state index in [1.807, 2.05) is 20.2 Å². The van der Waals surface area contributed by atoms with Crippen molar-refractivity contribution in [2.24, 2.45) is 17.8 Å². The van der Waals surface area contributed by atoms with E-state index < -0.39 is 0 Å². The number of nitrogens with zero attached hydrogens (tertiary/aromatic N) is 3. The summed E-state index contributed by atoms with van der Waals surface area (Å²) in [6.07, 6.45) is 1.96. The van der Waals surface area contributed by atoms with Crippen molar-refractivity contribution in [1.82, 2.24) is 15.1 Å². The number of aliphatic imine (C=N–C) groups is 1. The molecule has 0 aliphatic rings. The molecule has 13 heavy (non-hydrogen) atoms. The van der Waals surface area contributed by atoms with Gasteiger partial charge in [-0.3, -0.25) is 9.67 Å². The van der Waals surface area contributed by atoms with Gasteiger partial charge in [-0.15, -0.1) is 0 Å². The average molecular weight is 181 g/mol. The van der Waals surface area contributed by atoms with Crippen molar-refractivity contribution in [2.75, 3.05) is 7.05 Å². The third-order valence-electron chi connectivity index (χ3n) is 1.82. The minimum absolute atomic E-state index is 0.447. The number of aromatic nitrogens is 2. The van der Waals surface area contributed by atoms with Crippen molar-refractivity contribution in [3.63, 3.8) is 0 Å². The molecular formula is C8H15N5. The third kappa shape index (κ3) is 2.47. The van der Waals surface area contributed by atoms with Crippen LogP contribution in [0.4, 0.5) is 0 Å².